The van der Waals surface area contributed by atoms with E-state index in [-0.39, 0.29) is 41.5 Å². The van der Waals surface area contributed by atoms with Gasteiger partial charge in [0.25, 0.3) is 0 Å². The van der Waals surface area contributed by atoms with Crippen molar-refractivity contribution in [3.63, 3.8) is 0 Å². The van der Waals surface area contributed by atoms with Crippen LogP contribution in [0.4, 0.5) is 0 Å². The molecule has 0 aromatic rings. The molecule has 1 rings (SSSR count). The van der Waals surface area contributed by atoms with Gasteiger partial charge in [0.15, 0.2) is 0 Å². The van der Waals surface area contributed by atoms with Crippen molar-refractivity contribution < 1.29 is 4.79 Å². The molecule has 12 heavy (non-hydrogen) atoms. The van der Waals surface area contributed by atoms with Crippen LogP contribution in [0.3, 0.4) is 0 Å². The third kappa shape index (κ3) is 2.78. The molecular formula is C8H13N2NaO. The summed E-state index contributed by atoms with van der Waals surface area (Å²) in [6, 6.07) is 1.97. The van der Waals surface area contributed by atoms with E-state index < -0.39 is 0 Å². The monoisotopic (exact) mass is 176 g/mol. The number of nitriles is 1. The molecular weight excluding hydrogens is 163 g/mol. The molecule has 1 unspecified atom stereocenters. The first-order valence-corrected chi connectivity index (χ1v) is 3.92. The number of likely N-dealkylation sites (tertiary alicyclic amines) is 1. The first kappa shape index (κ1) is 12.0. The average molecular weight is 176 g/mol. The molecule has 1 fully saturated rings. The van der Waals surface area contributed by atoms with E-state index in [0.717, 1.165) is 25.8 Å². The average Bonchev–Trinajstić information content (AvgIpc) is 2.04. The van der Waals surface area contributed by atoms with Gasteiger partial charge in [0.05, 0.1) is 6.07 Å². The third-order valence-corrected chi connectivity index (χ3v) is 2.06. The zero-order chi connectivity index (χ0) is 8.27. The second-order valence-electron chi connectivity index (χ2n) is 2.85. The van der Waals surface area contributed by atoms with Crippen molar-refractivity contribution >= 4 is 35.5 Å². The van der Waals surface area contributed by atoms with Gasteiger partial charge in [-0.1, -0.05) is 0 Å². The summed E-state index contributed by atoms with van der Waals surface area (Å²) in [5, 5.41) is 8.67. The number of nitrogens with zero attached hydrogens (tertiary/aromatic N) is 2. The van der Waals surface area contributed by atoms with Crippen molar-refractivity contribution in [3.05, 3.63) is 0 Å². The zero-order valence-electron chi connectivity index (χ0n) is 6.71. The Bertz CT molecular complexity index is 200. The van der Waals surface area contributed by atoms with Crippen molar-refractivity contribution in [1.82, 2.24) is 4.90 Å². The number of piperidine rings is 1. The molecule has 0 aromatic heterocycles. The molecule has 0 spiro atoms. The number of hydrogen-bond acceptors (Lipinski definition) is 2. The molecule has 0 bridgehead atoms. The normalized spacial score (nSPS) is 22.3. The summed E-state index contributed by atoms with van der Waals surface area (Å²) in [6.45, 7) is 2.28. The molecule has 1 heterocycles. The van der Waals surface area contributed by atoms with Crippen molar-refractivity contribution in [3.8, 4) is 6.07 Å². The summed E-state index contributed by atoms with van der Waals surface area (Å²) in [7, 11) is 0. The molecule has 0 saturated carbocycles. The summed E-state index contributed by atoms with van der Waals surface area (Å²) < 4.78 is 0. The van der Waals surface area contributed by atoms with Gasteiger partial charge >= 0.3 is 29.6 Å². The molecule has 1 aliphatic heterocycles. The minimum absolute atomic E-state index is 0. The Hall–Kier alpha value is -0.0400. The number of carbonyl (C=O) groups excluding carboxylic acids is 1. The molecule has 4 heteroatoms. The molecule has 1 atom stereocenters. The van der Waals surface area contributed by atoms with Crippen LogP contribution in [0.15, 0.2) is 0 Å². The van der Waals surface area contributed by atoms with Gasteiger partial charge in [-0.2, -0.15) is 5.26 Å². The van der Waals surface area contributed by atoms with E-state index in [1.807, 2.05) is 0 Å². The Morgan fingerprint density at radius 3 is 2.67 bits per heavy atom. The number of rotatable bonds is 0. The Kier molecular flexibility index (Phi) is 5.56. The summed E-state index contributed by atoms with van der Waals surface area (Å²) >= 11 is 0. The molecule has 1 aliphatic rings. The van der Waals surface area contributed by atoms with Crippen molar-refractivity contribution in [1.29, 1.82) is 5.26 Å². The van der Waals surface area contributed by atoms with Crippen LogP contribution >= 0.6 is 0 Å². The summed E-state index contributed by atoms with van der Waals surface area (Å²) in [6.07, 6.45) is 2.95. The molecule has 0 aliphatic carbocycles. The van der Waals surface area contributed by atoms with Crippen LogP contribution in [0.5, 0.6) is 0 Å². The molecule has 3 nitrogen and oxygen atoms in total. The van der Waals surface area contributed by atoms with Crippen molar-refractivity contribution in [2.75, 3.05) is 6.54 Å². The third-order valence-electron chi connectivity index (χ3n) is 2.06. The minimum atomic E-state index is -0.166. The van der Waals surface area contributed by atoms with Gasteiger partial charge in [-0.25, -0.2) is 0 Å². The quantitative estimate of drug-likeness (QED) is 0.497. The van der Waals surface area contributed by atoms with Crippen molar-refractivity contribution in [2.45, 2.75) is 32.2 Å². The first-order valence-electron chi connectivity index (χ1n) is 3.92. The maximum absolute atomic E-state index is 10.9. The topological polar surface area (TPSA) is 44.1 Å². The fraction of sp³-hybridized carbons (Fsp3) is 0.750. The second-order valence-corrected chi connectivity index (χ2v) is 2.85. The van der Waals surface area contributed by atoms with E-state index in [1.54, 1.807) is 4.90 Å². The summed E-state index contributed by atoms with van der Waals surface area (Å²) in [5.74, 6) is 0.0243. The molecule has 0 aromatic carbocycles. The van der Waals surface area contributed by atoms with Crippen molar-refractivity contribution in [2.24, 2.45) is 0 Å². The number of amides is 1. The van der Waals surface area contributed by atoms with Crippen LogP contribution in [0, 0.1) is 11.3 Å². The predicted octanol–water partition coefficient (Wildman–Crippen LogP) is 0.262. The molecule has 62 valence electrons. The van der Waals surface area contributed by atoms with Crippen LogP contribution in [0.1, 0.15) is 26.2 Å². The molecule has 0 radical (unpaired) electrons. The van der Waals surface area contributed by atoms with Gasteiger partial charge in [0, 0.05) is 13.5 Å². The van der Waals surface area contributed by atoms with Crippen LogP contribution in [-0.4, -0.2) is 53.0 Å². The van der Waals surface area contributed by atoms with E-state index in [4.69, 9.17) is 5.26 Å². The molecule has 1 amide bonds. The van der Waals surface area contributed by atoms with E-state index in [1.165, 1.54) is 6.92 Å². The van der Waals surface area contributed by atoms with Crippen LogP contribution in [-0.2, 0) is 4.79 Å². The number of carbonyl (C=O) groups is 1. The number of hydrogen-bond donors (Lipinski definition) is 0. The zero-order valence-corrected chi connectivity index (χ0v) is 6.71. The fourth-order valence-electron chi connectivity index (χ4n) is 1.44. The Morgan fingerprint density at radius 1 is 1.58 bits per heavy atom. The Labute approximate surface area is 95.0 Å². The summed E-state index contributed by atoms with van der Waals surface area (Å²) in [5.41, 5.74) is 0. The van der Waals surface area contributed by atoms with Crippen LogP contribution < -0.4 is 0 Å². The maximum atomic E-state index is 10.9. The first-order chi connectivity index (χ1) is 5.25. The Balaban J connectivity index is 0.00000121. The van der Waals surface area contributed by atoms with Gasteiger partial charge in [0.2, 0.25) is 5.91 Å². The van der Waals surface area contributed by atoms with Gasteiger partial charge in [-0.05, 0) is 19.3 Å². The van der Waals surface area contributed by atoms with Crippen LogP contribution in [0.25, 0.3) is 0 Å². The molecule has 1 saturated heterocycles. The van der Waals surface area contributed by atoms with E-state index >= 15 is 0 Å². The van der Waals surface area contributed by atoms with Gasteiger partial charge in [-0.15, -0.1) is 0 Å². The molecule has 0 N–H and O–H groups in total. The van der Waals surface area contributed by atoms with Gasteiger partial charge < -0.3 is 4.90 Å². The van der Waals surface area contributed by atoms with Crippen LogP contribution in [0.2, 0.25) is 0 Å². The SMILES string of the molecule is CC(=O)N1CCCCC1C#N.[NaH]. The van der Waals surface area contributed by atoms with E-state index in [0.29, 0.717) is 0 Å². The standard InChI is InChI=1S/C8H12N2O.Na.H/c1-7(11)10-5-3-2-4-8(10)6-9;;/h8H,2-5H2,1H3;;. The second kappa shape index (κ2) is 5.58. The Morgan fingerprint density at radius 2 is 2.25 bits per heavy atom. The van der Waals surface area contributed by atoms with E-state index in [9.17, 15) is 4.79 Å². The van der Waals surface area contributed by atoms with Gasteiger partial charge in [-0.3, -0.25) is 4.79 Å². The predicted molar refractivity (Wildman–Crippen MR) is 47.8 cm³/mol. The summed E-state index contributed by atoms with van der Waals surface area (Å²) in [4.78, 5) is 12.6. The fourth-order valence-corrected chi connectivity index (χ4v) is 1.44. The van der Waals surface area contributed by atoms with Gasteiger partial charge in [0.1, 0.15) is 6.04 Å². The van der Waals surface area contributed by atoms with E-state index in [2.05, 4.69) is 6.07 Å².